The van der Waals surface area contributed by atoms with Gasteiger partial charge in [-0.2, -0.15) is 0 Å². The van der Waals surface area contributed by atoms with Gasteiger partial charge in [0.15, 0.2) is 5.78 Å². The van der Waals surface area contributed by atoms with Crippen molar-refractivity contribution in [1.82, 2.24) is 0 Å². The monoisotopic (exact) mass is 689 g/mol. The molecule has 0 radical (unpaired) electrons. The standard InChI is InChI=1S/C41H39NO9/c1-4-42(38(44)28-10-12-29(13-11-28)39(45)49-3)33-19-21-34(22-20-33)50-40(46)30-14-16-31(17-15-30)41(47)51-37-25-23-35(48-2)26-32(37)18-24-36(43)27-8-6-5-7-9-27/h5-13,18-26,30-31H,4,14-17H2,1-3H3/b24-18+. The maximum Gasteiger partial charge on any atom is 0.337 e. The normalized spacial score (nSPS) is 15.4. The molecule has 0 heterocycles. The highest BCUT2D eigenvalue weighted by Crippen LogP contribution is 2.33. The number of hydrogen-bond donors (Lipinski definition) is 0. The summed E-state index contributed by atoms with van der Waals surface area (Å²) in [5.74, 6) is -1.26. The van der Waals surface area contributed by atoms with Gasteiger partial charge >= 0.3 is 17.9 Å². The van der Waals surface area contributed by atoms with E-state index < -0.39 is 17.9 Å². The number of esters is 3. The number of methoxy groups -OCH3 is 2. The molecule has 0 spiro atoms. The summed E-state index contributed by atoms with van der Waals surface area (Å²) in [6.07, 6.45) is 4.87. The molecule has 0 atom stereocenters. The van der Waals surface area contributed by atoms with Crippen molar-refractivity contribution in [1.29, 1.82) is 0 Å². The fourth-order valence-electron chi connectivity index (χ4n) is 5.86. The number of ketones is 1. The van der Waals surface area contributed by atoms with Crippen LogP contribution >= 0.6 is 0 Å². The molecule has 5 rings (SSSR count). The fourth-order valence-corrected chi connectivity index (χ4v) is 5.86. The zero-order valence-corrected chi connectivity index (χ0v) is 28.7. The first-order valence-electron chi connectivity index (χ1n) is 16.7. The zero-order chi connectivity index (χ0) is 36.3. The van der Waals surface area contributed by atoms with E-state index in [1.165, 1.54) is 20.3 Å². The quantitative estimate of drug-likeness (QED) is 0.0649. The number of carbonyl (C=O) groups excluding carboxylic acids is 5. The lowest BCUT2D eigenvalue weighted by molar-refractivity contribution is -0.145. The van der Waals surface area contributed by atoms with Crippen LogP contribution in [0.5, 0.6) is 17.2 Å². The van der Waals surface area contributed by atoms with Gasteiger partial charge in [0.05, 0.1) is 31.6 Å². The number of rotatable bonds is 12. The van der Waals surface area contributed by atoms with Crippen molar-refractivity contribution in [3.8, 4) is 17.2 Å². The molecule has 0 N–H and O–H groups in total. The Morgan fingerprint density at radius 1 is 0.686 bits per heavy atom. The number of carbonyl (C=O) groups is 5. The summed E-state index contributed by atoms with van der Waals surface area (Å²) < 4.78 is 21.5. The molecular formula is C41H39NO9. The van der Waals surface area contributed by atoms with Gasteiger partial charge in [0.25, 0.3) is 5.91 Å². The van der Waals surface area contributed by atoms with Gasteiger partial charge in [-0.1, -0.05) is 30.3 Å². The van der Waals surface area contributed by atoms with E-state index in [0.29, 0.717) is 77.4 Å². The van der Waals surface area contributed by atoms with Crippen LogP contribution in [0.3, 0.4) is 0 Å². The first-order valence-corrected chi connectivity index (χ1v) is 16.7. The van der Waals surface area contributed by atoms with Crippen molar-refractivity contribution in [2.24, 2.45) is 11.8 Å². The Morgan fingerprint density at radius 3 is 1.86 bits per heavy atom. The molecule has 10 heteroatoms. The fraction of sp³-hybridized carbons (Fsp3) is 0.244. The highest BCUT2D eigenvalue weighted by Gasteiger charge is 2.32. The summed E-state index contributed by atoms with van der Waals surface area (Å²) in [5, 5.41) is 0. The molecule has 4 aromatic carbocycles. The molecule has 1 aliphatic rings. The molecule has 1 fully saturated rings. The third-order valence-corrected chi connectivity index (χ3v) is 8.78. The molecule has 1 aliphatic carbocycles. The lowest BCUT2D eigenvalue weighted by atomic mass is 9.82. The van der Waals surface area contributed by atoms with Gasteiger partial charge in [-0.15, -0.1) is 0 Å². The van der Waals surface area contributed by atoms with Gasteiger partial charge in [-0.3, -0.25) is 19.2 Å². The number of allylic oxidation sites excluding steroid dienone is 1. The van der Waals surface area contributed by atoms with Crippen molar-refractivity contribution in [2.45, 2.75) is 32.6 Å². The maximum atomic E-state index is 13.2. The van der Waals surface area contributed by atoms with Crippen molar-refractivity contribution in [3.63, 3.8) is 0 Å². The Hall–Kier alpha value is -6.03. The van der Waals surface area contributed by atoms with Gasteiger partial charge in [0.1, 0.15) is 17.2 Å². The second-order valence-electron chi connectivity index (χ2n) is 12.0. The summed E-state index contributed by atoms with van der Waals surface area (Å²) in [6.45, 7) is 2.25. The molecule has 1 saturated carbocycles. The predicted molar refractivity (Wildman–Crippen MR) is 191 cm³/mol. The lowest BCUT2D eigenvalue weighted by Crippen LogP contribution is -2.31. The number of benzene rings is 4. The van der Waals surface area contributed by atoms with E-state index in [1.54, 1.807) is 102 Å². The Balaban J connectivity index is 1.14. The molecule has 0 bridgehead atoms. The van der Waals surface area contributed by atoms with Crippen LogP contribution in [0.4, 0.5) is 5.69 Å². The van der Waals surface area contributed by atoms with Crippen LogP contribution < -0.4 is 19.1 Å². The second-order valence-corrected chi connectivity index (χ2v) is 12.0. The molecule has 0 aromatic heterocycles. The molecule has 0 unspecified atom stereocenters. The topological polar surface area (TPSA) is 126 Å². The number of hydrogen-bond acceptors (Lipinski definition) is 9. The van der Waals surface area contributed by atoms with Crippen LogP contribution in [0.15, 0.2) is 103 Å². The van der Waals surface area contributed by atoms with Crippen LogP contribution in [-0.4, -0.2) is 50.4 Å². The van der Waals surface area contributed by atoms with Crippen molar-refractivity contribution >= 4 is 41.4 Å². The van der Waals surface area contributed by atoms with E-state index in [9.17, 15) is 24.0 Å². The van der Waals surface area contributed by atoms with E-state index in [2.05, 4.69) is 0 Å². The van der Waals surface area contributed by atoms with E-state index in [4.69, 9.17) is 18.9 Å². The average molecular weight is 690 g/mol. The number of nitrogens with zero attached hydrogens (tertiary/aromatic N) is 1. The zero-order valence-electron chi connectivity index (χ0n) is 28.7. The lowest BCUT2D eigenvalue weighted by Gasteiger charge is -2.26. The average Bonchev–Trinajstić information content (AvgIpc) is 3.18. The first-order chi connectivity index (χ1) is 24.7. The van der Waals surface area contributed by atoms with Crippen LogP contribution in [0.25, 0.3) is 6.08 Å². The van der Waals surface area contributed by atoms with Gasteiger partial charge < -0.3 is 23.8 Å². The largest absolute Gasteiger partial charge is 0.497 e. The van der Waals surface area contributed by atoms with Crippen LogP contribution in [-0.2, 0) is 14.3 Å². The third-order valence-electron chi connectivity index (χ3n) is 8.78. The van der Waals surface area contributed by atoms with E-state index in [-0.39, 0.29) is 23.6 Å². The molecule has 4 aromatic rings. The Bertz CT molecular complexity index is 1890. The number of amides is 1. The van der Waals surface area contributed by atoms with Crippen molar-refractivity contribution < 1.29 is 42.9 Å². The Labute approximate surface area is 296 Å². The molecule has 0 aliphatic heterocycles. The van der Waals surface area contributed by atoms with Crippen LogP contribution in [0.1, 0.15) is 69.2 Å². The predicted octanol–water partition coefficient (Wildman–Crippen LogP) is 7.36. The highest BCUT2D eigenvalue weighted by atomic mass is 16.5. The minimum Gasteiger partial charge on any atom is -0.497 e. The second kappa shape index (κ2) is 17.1. The van der Waals surface area contributed by atoms with E-state index in [0.717, 1.165) is 0 Å². The Morgan fingerprint density at radius 2 is 1.27 bits per heavy atom. The molecule has 262 valence electrons. The van der Waals surface area contributed by atoms with Crippen LogP contribution in [0.2, 0.25) is 0 Å². The smallest absolute Gasteiger partial charge is 0.337 e. The summed E-state index contributed by atoms with van der Waals surface area (Å²) in [5.41, 5.74) is 2.45. The SMILES string of the molecule is CCN(C(=O)c1ccc(C(=O)OC)cc1)c1ccc(OC(=O)C2CCC(C(=O)Oc3ccc(OC)cc3/C=C/C(=O)c3ccccc3)CC2)cc1. The van der Waals surface area contributed by atoms with E-state index >= 15 is 0 Å². The maximum absolute atomic E-state index is 13.2. The molecule has 0 saturated heterocycles. The summed E-state index contributed by atoms with van der Waals surface area (Å²) in [6, 6.07) is 26.8. The minimum atomic E-state index is -0.482. The van der Waals surface area contributed by atoms with Gasteiger partial charge in [0.2, 0.25) is 0 Å². The summed E-state index contributed by atoms with van der Waals surface area (Å²) in [7, 11) is 2.83. The van der Waals surface area contributed by atoms with Crippen molar-refractivity contribution in [3.05, 3.63) is 125 Å². The summed E-state index contributed by atoms with van der Waals surface area (Å²) >= 11 is 0. The third kappa shape index (κ3) is 9.16. The molecule has 1 amide bonds. The van der Waals surface area contributed by atoms with Crippen molar-refractivity contribution in [2.75, 3.05) is 25.7 Å². The first kappa shape index (κ1) is 36.3. The molecule has 10 nitrogen and oxygen atoms in total. The summed E-state index contributed by atoms with van der Waals surface area (Å²) in [4.78, 5) is 65.4. The molecular weight excluding hydrogens is 650 g/mol. The van der Waals surface area contributed by atoms with Crippen LogP contribution in [0, 0.1) is 11.8 Å². The van der Waals surface area contributed by atoms with Gasteiger partial charge in [-0.25, -0.2) is 4.79 Å². The van der Waals surface area contributed by atoms with Gasteiger partial charge in [-0.05, 0) is 111 Å². The number of ether oxygens (including phenoxy) is 4. The molecule has 51 heavy (non-hydrogen) atoms. The highest BCUT2D eigenvalue weighted by molar-refractivity contribution is 6.07. The van der Waals surface area contributed by atoms with E-state index in [1.807, 2.05) is 13.0 Å². The number of anilines is 1. The minimum absolute atomic E-state index is 0.185. The van der Waals surface area contributed by atoms with Gasteiger partial charge in [0, 0.05) is 28.9 Å². The Kier molecular flexibility index (Phi) is 12.1.